The molecule has 3 aromatic carbocycles. The molecule has 2 heterocycles. The number of quaternary nitrogens is 1. The Morgan fingerprint density at radius 2 is 1.46 bits per heavy atom. The fraction of sp³-hybridized carbons (Fsp3) is 0.200. The molecule has 0 saturated heterocycles. The molecule has 7 nitrogen and oxygen atoms in total. The molecule has 37 heavy (non-hydrogen) atoms. The maximum absolute atomic E-state index is 6.89. The summed E-state index contributed by atoms with van der Waals surface area (Å²) in [5, 5.41) is 0. The molecule has 0 aliphatic carbocycles. The highest BCUT2D eigenvalue weighted by Crippen LogP contribution is 2.36. The predicted molar refractivity (Wildman–Crippen MR) is 148 cm³/mol. The van der Waals surface area contributed by atoms with E-state index in [9.17, 15) is 0 Å². The summed E-state index contributed by atoms with van der Waals surface area (Å²) in [6.07, 6.45) is 5.34. The van der Waals surface area contributed by atoms with Crippen molar-refractivity contribution >= 4 is 17.7 Å². The van der Waals surface area contributed by atoms with Crippen LogP contribution in [0.25, 0.3) is 5.70 Å². The summed E-state index contributed by atoms with van der Waals surface area (Å²) >= 11 is 0. The number of fused-ring (bicyclic) bond motifs is 1. The molecule has 2 aliphatic rings. The summed E-state index contributed by atoms with van der Waals surface area (Å²) in [6, 6.07) is 25.5. The Morgan fingerprint density at radius 1 is 0.811 bits per heavy atom. The molecule has 2 N–H and O–H groups in total. The third kappa shape index (κ3) is 5.24. The Kier molecular flexibility index (Phi) is 7.28. The van der Waals surface area contributed by atoms with Gasteiger partial charge in [-0.15, -0.1) is 4.59 Å². The van der Waals surface area contributed by atoms with Crippen LogP contribution in [-0.4, -0.2) is 47.8 Å². The number of allylic oxidation sites excluding steroid dienone is 1. The van der Waals surface area contributed by atoms with Crippen molar-refractivity contribution in [1.82, 2.24) is 4.90 Å². The minimum Gasteiger partial charge on any atom is -0.492 e. The summed E-state index contributed by atoms with van der Waals surface area (Å²) in [7, 11) is 0. The summed E-state index contributed by atoms with van der Waals surface area (Å²) in [4.78, 5) is 11.7. The van der Waals surface area contributed by atoms with E-state index >= 15 is 0 Å². The third-order valence-electron chi connectivity index (χ3n) is 6.58. The maximum Gasteiger partial charge on any atom is 0.265 e. The number of nitrogens with two attached hydrogens (primary N) is 1. The second-order valence-electron chi connectivity index (χ2n) is 8.86. The van der Waals surface area contributed by atoms with Gasteiger partial charge in [0.25, 0.3) is 5.84 Å². The molecule has 3 aromatic rings. The van der Waals surface area contributed by atoms with E-state index in [2.05, 4.69) is 23.7 Å². The highest BCUT2D eigenvalue weighted by Gasteiger charge is 2.44. The van der Waals surface area contributed by atoms with Crippen molar-refractivity contribution in [3.05, 3.63) is 108 Å². The number of amidine groups is 1. The Morgan fingerprint density at radius 3 is 2.16 bits per heavy atom. The Bertz CT molecular complexity index is 1340. The summed E-state index contributed by atoms with van der Waals surface area (Å²) in [6.45, 7) is 7.93. The Hall–Kier alpha value is -4.04. The van der Waals surface area contributed by atoms with E-state index in [1.807, 2.05) is 85.1 Å². The van der Waals surface area contributed by atoms with Crippen molar-refractivity contribution in [3.8, 4) is 17.2 Å². The fourth-order valence-electron chi connectivity index (χ4n) is 4.43. The zero-order valence-corrected chi connectivity index (χ0v) is 21.2. The van der Waals surface area contributed by atoms with Crippen LogP contribution in [0.2, 0.25) is 0 Å². The first-order chi connectivity index (χ1) is 18.1. The van der Waals surface area contributed by atoms with Crippen molar-refractivity contribution in [2.24, 2.45) is 15.8 Å². The molecule has 2 aliphatic heterocycles. The van der Waals surface area contributed by atoms with Gasteiger partial charge >= 0.3 is 0 Å². The van der Waals surface area contributed by atoms with Crippen LogP contribution in [0.1, 0.15) is 25.0 Å². The molecular weight excluding hydrogens is 462 g/mol. The first-order valence-corrected chi connectivity index (χ1v) is 12.6. The third-order valence-corrected chi connectivity index (χ3v) is 6.58. The van der Waals surface area contributed by atoms with E-state index in [4.69, 9.17) is 20.3 Å². The van der Waals surface area contributed by atoms with Crippen LogP contribution in [0.5, 0.6) is 17.2 Å². The van der Waals surface area contributed by atoms with Crippen LogP contribution >= 0.6 is 0 Å². The number of hydrogen-bond donors (Lipinski definition) is 1. The van der Waals surface area contributed by atoms with Crippen LogP contribution in [-0.2, 0) is 0 Å². The van der Waals surface area contributed by atoms with Gasteiger partial charge in [-0.2, -0.15) is 10.8 Å². The van der Waals surface area contributed by atoms with E-state index in [-0.39, 0.29) is 4.59 Å². The van der Waals surface area contributed by atoms with Gasteiger partial charge in [0, 0.05) is 12.1 Å². The molecule has 1 unspecified atom stereocenters. The number of benzene rings is 3. The molecule has 7 heteroatoms. The second kappa shape index (κ2) is 10.9. The molecule has 0 saturated carbocycles. The molecule has 1 atom stereocenters. The molecule has 0 amide bonds. The second-order valence-corrected chi connectivity index (χ2v) is 8.86. The molecule has 5 rings (SSSR count). The van der Waals surface area contributed by atoms with Gasteiger partial charge in [0.2, 0.25) is 5.70 Å². The molecule has 0 aromatic heterocycles. The number of ether oxygens (including phenoxy) is 2. The topological polar surface area (TPSA) is 72.4 Å². The normalized spacial score (nSPS) is 18.2. The number of rotatable bonds is 10. The van der Waals surface area contributed by atoms with Crippen molar-refractivity contribution in [3.63, 3.8) is 0 Å². The molecule has 0 bridgehead atoms. The van der Waals surface area contributed by atoms with Crippen molar-refractivity contribution in [1.29, 1.82) is 0 Å². The summed E-state index contributed by atoms with van der Waals surface area (Å²) in [5.41, 5.74) is 3.48. The average molecular weight is 495 g/mol. The molecule has 0 fully saturated rings. The van der Waals surface area contributed by atoms with Gasteiger partial charge in [-0.1, -0.05) is 32.0 Å². The number of aliphatic imine (C=N–C) groups is 2. The van der Waals surface area contributed by atoms with Gasteiger partial charge in [0.05, 0.1) is 18.0 Å². The SMILES string of the molecule is CCN(CC)CCOc1ccc(C2=C3C=NC=C[N+]3(N)C(c3ccc(Oc4ccccc4)cc3)=N2)cc1. The summed E-state index contributed by atoms with van der Waals surface area (Å²) < 4.78 is 11.9. The fourth-order valence-corrected chi connectivity index (χ4v) is 4.43. The van der Waals surface area contributed by atoms with Crippen LogP contribution in [0.15, 0.2) is 107 Å². The van der Waals surface area contributed by atoms with Gasteiger partial charge in [-0.25, -0.2) is 0 Å². The molecule has 188 valence electrons. The highest BCUT2D eigenvalue weighted by atomic mass is 16.5. The lowest BCUT2D eigenvalue weighted by molar-refractivity contribution is -0.749. The van der Waals surface area contributed by atoms with Crippen molar-refractivity contribution in [2.75, 3.05) is 26.2 Å². The van der Waals surface area contributed by atoms with E-state index in [1.54, 1.807) is 12.4 Å². The zero-order valence-electron chi connectivity index (χ0n) is 21.2. The van der Waals surface area contributed by atoms with Gasteiger partial charge in [0.15, 0.2) is 0 Å². The van der Waals surface area contributed by atoms with Gasteiger partial charge in [-0.3, -0.25) is 4.99 Å². The van der Waals surface area contributed by atoms with Gasteiger partial charge in [0.1, 0.15) is 35.8 Å². The maximum atomic E-state index is 6.89. The minimum absolute atomic E-state index is 0.0418. The van der Waals surface area contributed by atoms with Crippen LogP contribution < -0.4 is 15.3 Å². The number of para-hydroxylation sites is 1. The Balaban J connectivity index is 1.36. The first kappa shape index (κ1) is 24.6. The minimum atomic E-state index is -0.0418. The number of hydrogen-bond acceptors (Lipinski definition) is 6. The van der Waals surface area contributed by atoms with Crippen LogP contribution in [0.4, 0.5) is 0 Å². The van der Waals surface area contributed by atoms with E-state index < -0.39 is 0 Å². The summed E-state index contributed by atoms with van der Waals surface area (Å²) in [5.74, 6) is 9.99. The Labute approximate surface area is 218 Å². The standard InChI is InChI=1S/C30H32N5O2/c1-3-34(4-2)19-21-36-25-14-10-23(11-15-25)29-28-22-32-18-20-35(28,31)30(33-29)24-12-16-27(17-13-24)37-26-8-6-5-7-9-26/h5-18,20,22H,3-4,19,21,31H2,1-2H3/q+1. The van der Waals surface area contributed by atoms with E-state index in [0.29, 0.717) is 6.61 Å². The zero-order chi connectivity index (χ0) is 25.7. The van der Waals surface area contributed by atoms with Gasteiger partial charge in [-0.05, 0) is 73.8 Å². The molecule has 0 radical (unpaired) electrons. The van der Waals surface area contributed by atoms with Crippen molar-refractivity contribution < 1.29 is 14.1 Å². The lowest BCUT2D eigenvalue weighted by atomic mass is 10.1. The predicted octanol–water partition coefficient (Wildman–Crippen LogP) is 5.57. The van der Waals surface area contributed by atoms with Crippen LogP contribution in [0.3, 0.4) is 0 Å². The quantitative estimate of drug-likeness (QED) is 0.295. The average Bonchev–Trinajstić information content (AvgIpc) is 3.25. The lowest BCUT2D eigenvalue weighted by Gasteiger charge is -2.26. The van der Waals surface area contributed by atoms with Gasteiger partial charge < -0.3 is 14.4 Å². The highest BCUT2D eigenvalue weighted by molar-refractivity contribution is 6.06. The number of likely N-dealkylation sites (N-methyl/N-ethyl adjacent to an activating group) is 1. The van der Waals surface area contributed by atoms with E-state index in [1.165, 1.54) is 0 Å². The smallest absolute Gasteiger partial charge is 0.265 e. The molecule has 0 spiro atoms. The molecular formula is C30H32N5O2+. The first-order valence-electron chi connectivity index (χ1n) is 12.6. The number of nitrogens with zero attached hydrogens (tertiary/aromatic N) is 4. The van der Waals surface area contributed by atoms with E-state index in [0.717, 1.165) is 65.2 Å². The largest absolute Gasteiger partial charge is 0.492 e. The monoisotopic (exact) mass is 494 g/mol. The lowest BCUT2D eigenvalue weighted by Crippen LogP contribution is -2.53. The van der Waals surface area contributed by atoms with Crippen molar-refractivity contribution in [2.45, 2.75) is 13.8 Å². The van der Waals surface area contributed by atoms with Crippen LogP contribution in [0, 0.1) is 0 Å².